The first-order chi connectivity index (χ1) is 7.28. The molecule has 0 aromatic carbocycles. The summed E-state index contributed by atoms with van der Waals surface area (Å²) >= 11 is 0. The summed E-state index contributed by atoms with van der Waals surface area (Å²) in [6.07, 6.45) is 0.348. The summed E-state index contributed by atoms with van der Waals surface area (Å²) in [5.74, 6) is -1.06. The Morgan fingerprint density at radius 2 is 2.06 bits per heavy atom. The summed E-state index contributed by atoms with van der Waals surface area (Å²) in [4.78, 5) is 23.6. The third-order valence-electron chi connectivity index (χ3n) is 2.39. The van der Waals surface area contributed by atoms with Crippen LogP contribution in [0.25, 0.3) is 0 Å². The summed E-state index contributed by atoms with van der Waals surface area (Å²) in [5, 5.41) is 10.4. The molecular weight excluding hydrogens is 210 g/mol. The van der Waals surface area contributed by atoms with Crippen LogP contribution in [-0.2, 0) is 9.53 Å². The molecule has 1 saturated heterocycles. The number of carbonyl (C=O) groups excluding carboxylic acids is 2. The fourth-order valence-electron chi connectivity index (χ4n) is 1.73. The lowest BCUT2D eigenvalue weighted by atomic mass is 10.1. The van der Waals surface area contributed by atoms with Gasteiger partial charge in [-0.3, -0.25) is 0 Å². The highest BCUT2D eigenvalue weighted by Crippen LogP contribution is 2.21. The number of aliphatic carboxylic acids is 1. The van der Waals surface area contributed by atoms with E-state index in [0.717, 1.165) is 0 Å². The fraction of sp³-hybridized carbons (Fsp3) is 0.818. The fourth-order valence-corrected chi connectivity index (χ4v) is 1.73. The van der Waals surface area contributed by atoms with Crippen LogP contribution in [0.5, 0.6) is 0 Å². The van der Waals surface area contributed by atoms with Crippen molar-refractivity contribution in [3.63, 3.8) is 0 Å². The molecule has 5 nitrogen and oxygen atoms in total. The third kappa shape index (κ3) is 4.08. The Morgan fingerprint density at radius 1 is 1.44 bits per heavy atom. The number of hydrogen-bond donors (Lipinski definition) is 0. The number of rotatable bonds is 2. The zero-order valence-electron chi connectivity index (χ0n) is 9.99. The van der Waals surface area contributed by atoms with Gasteiger partial charge in [0.1, 0.15) is 5.60 Å². The average molecular weight is 228 g/mol. The first-order valence-corrected chi connectivity index (χ1v) is 5.45. The zero-order chi connectivity index (χ0) is 12.3. The number of likely N-dealkylation sites (tertiary alicyclic amines) is 1. The molecule has 0 N–H and O–H groups in total. The zero-order valence-corrected chi connectivity index (χ0v) is 9.99. The van der Waals surface area contributed by atoms with Crippen LogP contribution >= 0.6 is 0 Å². The van der Waals surface area contributed by atoms with E-state index in [2.05, 4.69) is 0 Å². The molecule has 1 rings (SSSR count). The van der Waals surface area contributed by atoms with Crippen LogP contribution in [-0.4, -0.2) is 35.7 Å². The molecule has 5 heteroatoms. The van der Waals surface area contributed by atoms with Crippen LogP contribution < -0.4 is 5.11 Å². The molecule has 1 aliphatic heterocycles. The Kier molecular flexibility index (Phi) is 3.78. The molecule has 1 aliphatic rings. The smallest absolute Gasteiger partial charge is 0.410 e. The van der Waals surface area contributed by atoms with Crippen LogP contribution in [0.2, 0.25) is 0 Å². The second-order valence-corrected chi connectivity index (χ2v) is 5.16. The maximum absolute atomic E-state index is 11.6. The molecule has 16 heavy (non-hydrogen) atoms. The lowest BCUT2D eigenvalue weighted by Crippen LogP contribution is -2.35. The maximum Gasteiger partial charge on any atom is 0.410 e. The number of ether oxygens (including phenoxy) is 1. The molecule has 1 fully saturated rings. The molecular formula is C11H18NO4-. The maximum atomic E-state index is 11.6. The molecule has 1 heterocycles. The van der Waals surface area contributed by atoms with E-state index < -0.39 is 11.6 Å². The quantitative estimate of drug-likeness (QED) is 0.685. The van der Waals surface area contributed by atoms with Crippen molar-refractivity contribution in [2.24, 2.45) is 5.92 Å². The molecule has 0 bridgehead atoms. The van der Waals surface area contributed by atoms with E-state index in [-0.39, 0.29) is 18.4 Å². The number of carbonyl (C=O) groups is 2. The summed E-state index contributed by atoms with van der Waals surface area (Å²) < 4.78 is 5.20. The highest BCUT2D eigenvalue weighted by atomic mass is 16.6. The van der Waals surface area contributed by atoms with E-state index in [1.807, 2.05) is 0 Å². The first-order valence-electron chi connectivity index (χ1n) is 5.45. The van der Waals surface area contributed by atoms with Gasteiger partial charge in [-0.2, -0.15) is 0 Å². The lowest BCUT2D eigenvalue weighted by Gasteiger charge is -2.24. The minimum absolute atomic E-state index is 0.00230. The van der Waals surface area contributed by atoms with Crippen LogP contribution in [0.4, 0.5) is 4.79 Å². The Hall–Kier alpha value is -1.26. The van der Waals surface area contributed by atoms with Crippen molar-refractivity contribution < 1.29 is 19.4 Å². The average Bonchev–Trinajstić information content (AvgIpc) is 2.48. The van der Waals surface area contributed by atoms with Gasteiger partial charge in [0.25, 0.3) is 0 Å². The van der Waals surface area contributed by atoms with E-state index in [1.54, 1.807) is 25.7 Å². The SMILES string of the molecule is CC(C)(C)OC(=O)N1CC[C@H](CC(=O)[O-])C1. The van der Waals surface area contributed by atoms with Gasteiger partial charge in [0.2, 0.25) is 0 Å². The molecule has 0 aromatic rings. The minimum Gasteiger partial charge on any atom is -0.550 e. The van der Waals surface area contributed by atoms with Crippen molar-refractivity contribution in [2.75, 3.05) is 13.1 Å². The number of nitrogens with zero attached hydrogens (tertiary/aromatic N) is 1. The minimum atomic E-state index is -1.06. The Labute approximate surface area is 95.4 Å². The Bertz CT molecular complexity index is 282. The summed E-state index contributed by atoms with van der Waals surface area (Å²) in [5.41, 5.74) is -0.510. The highest BCUT2D eigenvalue weighted by Gasteiger charge is 2.29. The van der Waals surface area contributed by atoms with Crippen LogP contribution in [0.3, 0.4) is 0 Å². The first kappa shape index (κ1) is 12.8. The monoisotopic (exact) mass is 228 g/mol. The van der Waals surface area contributed by atoms with Crippen molar-refractivity contribution in [1.29, 1.82) is 0 Å². The van der Waals surface area contributed by atoms with Gasteiger partial charge in [0, 0.05) is 19.1 Å². The van der Waals surface area contributed by atoms with E-state index >= 15 is 0 Å². The number of carboxylic acids is 1. The van der Waals surface area contributed by atoms with Gasteiger partial charge in [0.15, 0.2) is 0 Å². The van der Waals surface area contributed by atoms with Crippen LogP contribution in [0, 0.1) is 5.92 Å². The second kappa shape index (κ2) is 4.72. The van der Waals surface area contributed by atoms with Crippen molar-refractivity contribution in [1.82, 2.24) is 4.90 Å². The van der Waals surface area contributed by atoms with Gasteiger partial charge >= 0.3 is 6.09 Å². The summed E-state index contributed by atoms with van der Waals surface area (Å²) in [6.45, 7) is 6.43. The number of carboxylic acid groups (broad SMARTS) is 1. The second-order valence-electron chi connectivity index (χ2n) is 5.16. The Morgan fingerprint density at radius 3 is 2.56 bits per heavy atom. The van der Waals surface area contributed by atoms with Crippen molar-refractivity contribution >= 4 is 12.1 Å². The third-order valence-corrected chi connectivity index (χ3v) is 2.39. The largest absolute Gasteiger partial charge is 0.550 e. The molecule has 1 amide bonds. The molecule has 0 aromatic heterocycles. The van der Waals surface area contributed by atoms with Crippen molar-refractivity contribution in [3.8, 4) is 0 Å². The van der Waals surface area contributed by atoms with Gasteiger partial charge < -0.3 is 19.5 Å². The molecule has 0 aliphatic carbocycles. The van der Waals surface area contributed by atoms with E-state index in [4.69, 9.17) is 4.74 Å². The molecule has 92 valence electrons. The van der Waals surface area contributed by atoms with Crippen molar-refractivity contribution in [2.45, 2.75) is 39.2 Å². The molecule has 0 saturated carbocycles. The van der Waals surface area contributed by atoms with Crippen LogP contribution in [0.1, 0.15) is 33.6 Å². The van der Waals surface area contributed by atoms with Gasteiger partial charge in [0.05, 0.1) is 0 Å². The van der Waals surface area contributed by atoms with Gasteiger partial charge in [-0.05, 0) is 39.5 Å². The molecule has 0 unspecified atom stereocenters. The summed E-state index contributed by atoms with van der Waals surface area (Å²) in [6, 6.07) is 0. The Balaban J connectivity index is 2.41. The van der Waals surface area contributed by atoms with Crippen LogP contribution in [0.15, 0.2) is 0 Å². The predicted molar refractivity (Wildman–Crippen MR) is 55.5 cm³/mol. The van der Waals surface area contributed by atoms with Gasteiger partial charge in [-0.15, -0.1) is 0 Å². The standard InChI is InChI=1S/C11H19NO4/c1-11(2,3)16-10(15)12-5-4-8(7-12)6-9(13)14/h8H,4-7H2,1-3H3,(H,13,14)/p-1/t8-/m1/s1. The van der Waals surface area contributed by atoms with E-state index in [0.29, 0.717) is 19.5 Å². The number of amides is 1. The lowest BCUT2D eigenvalue weighted by molar-refractivity contribution is -0.306. The highest BCUT2D eigenvalue weighted by molar-refractivity contribution is 5.69. The predicted octanol–water partition coefficient (Wildman–Crippen LogP) is 0.383. The molecule has 0 radical (unpaired) electrons. The topological polar surface area (TPSA) is 69.7 Å². The molecule has 0 spiro atoms. The number of hydrogen-bond acceptors (Lipinski definition) is 4. The van der Waals surface area contributed by atoms with Crippen molar-refractivity contribution in [3.05, 3.63) is 0 Å². The molecule has 1 atom stereocenters. The van der Waals surface area contributed by atoms with Gasteiger partial charge in [-0.25, -0.2) is 4.79 Å². The summed E-state index contributed by atoms with van der Waals surface area (Å²) in [7, 11) is 0. The van der Waals surface area contributed by atoms with E-state index in [9.17, 15) is 14.7 Å². The van der Waals surface area contributed by atoms with E-state index in [1.165, 1.54) is 0 Å². The normalized spacial score (nSPS) is 20.9. The van der Waals surface area contributed by atoms with Gasteiger partial charge in [-0.1, -0.05) is 0 Å².